The van der Waals surface area contributed by atoms with Crippen LogP contribution in [-0.2, 0) is 4.79 Å². The third-order valence-corrected chi connectivity index (χ3v) is 2.49. The van der Waals surface area contributed by atoms with Gasteiger partial charge >= 0.3 is 0 Å². The number of aliphatic hydroxyl groups excluding tert-OH is 1. The molecule has 0 heterocycles. The van der Waals surface area contributed by atoms with Crippen molar-refractivity contribution in [3.05, 3.63) is 0 Å². The van der Waals surface area contributed by atoms with Gasteiger partial charge in [-0.3, -0.25) is 4.79 Å². The first kappa shape index (κ1) is 9.39. The quantitative estimate of drug-likeness (QED) is 0.702. The molecule has 0 aliphatic heterocycles. The Bertz CT molecular complexity index is 109. The summed E-state index contributed by atoms with van der Waals surface area (Å²) >= 11 is 5.91. The van der Waals surface area contributed by atoms with E-state index in [0.29, 0.717) is 5.33 Å². The minimum Gasteiger partial charge on any atom is -0.391 e. The Morgan fingerprint density at radius 3 is 2.33 bits per heavy atom. The largest absolute Gasteiger partial charge is 0.391 e. The topological polar surface area (TPSA) is 63.3 Å². The van der Waals surface area contributed by atoms with Gasteiger partial charge in [-0.1, -0.05) is 31.9 Å². The Kier molecular flexibility index (Phi) is 4.43. The molecule has 0 aliphatic carbocycles. The van der Waals surface area contributed by atoms with Crippen LogP contribution in [0.2, 0.25) is 0 Å². The van der Waals surface area contributed by atoms with Crippen molar-refractivity contribution in [1.82, 2.24) is 0 Å². The predicted octanol–water partition coefficient (Wildman–Crippen LogP) is -0.00900. The number of carbonyl (C=O) groups excluding carboxylic acids is 1. The van der Waals surface area contributed by atoms with E-state index in [-0.39, 0.29) is 0 Å². The number of nitrogens with two attached hydrogens (primary N) is 1. The molecule has 5 heteroatoms. The Morgan fingerprint density at radius 2 is 2.22 bits per heavy atom. The lowest BCUT2D eigenvalue weighted by atomic mass is 10.3. The molecule has 0 unspecified atom stereocenters. The van der Waals surface area contributed by atoms with Crippen LogP contribution in [-0.4, -0.2) is 27.3 Å². The van der Waals surface area contributed by atoms with Crippen molar-refractivity contribution in [2.45, 2.75) is 10.9 Å². The first-order valence-corrected chi connectivity index (χ1v) is 4.30. The van der Waals surface area contributed by atoms with E-state index in [4.69, 9.17) is 10.8 Å². The highest BCUT2D eigenvalue weighted by molar-refractivity contribution is 9.10. The van der Waals surface area contributed by atoms with Crippen molar-refractivity contribution >= 4 is 37.8 Å². The fraction of sp³-hybridized carbons (Fsp3) is 0.750. The van der Waals surface area contributed by atoms with Gasteiger partial charge in [0.1, 0.15) is 4.83 Å². The minimum absolute atomic E-state index is 0.339. The number of carbonyl (C=O) groups is 1. The van der Waals surface area contributed by atoms with Crippen LogP contribution in [0.15, 0.2) is 0 Å². The minimum atomic E-state index is -0.748. The smallest absolute Gasteiger partial charge is 0.233 e. The summed E-state index contributed by atoms with van der Waals surface area (Å²) in [7, 11) is 0. The van der Waals surface area contributed by atoms with Gasteiger partial charge in [0, 0.05) is 5.33 Å². The van der Waals surface area contributed by atoms with Gasteiger partial charge in [0.15, 0.2) is 0 Å². The number of rotatable bonds is 3. The summed E-state index contributed by atoms with van der Waals surface area (Å²) in [6, 6.07) is 0. The van der Waals surface area contributed by atoms with Crippen molar-refractivity contribution in [3.8, 4) is 0 Å². The Hall–Kier alpha value is 0.390. The summed E-state index contributed by atoms with van der Waals surface area (Å²) in [5, 5.41) is 9.24. The molecule has 0 saturated carbocycles. The highest BCUT2D eigenvalue weighted by Gasteiger charge is 2.19. The maximum Gasteiger partial charge on any atom is 0.233 e. The van der Waals surface area contributed by atoms with Crippen LogP contribution < -0.4 is 5.73 Å². The van der Waals surface area contributed by atoms with Gasteiger partial charge in [0.2, 0.25) is 5.91 Å². The van der Waals surface area contributed by atoms with E-state index in [1.165, 1.54) is 0 Å². The Balaban J connectivity index is 3.72. The molecule has 0 spiro atoms. The summed E-state index contributed by atoms with van der Waals surface area (Å²) in [6.45, 7) is 0. The molecule has 0 bridgehead atoms. The average Bonchev–Trinajstić information content (AvgIpc) is 1.84. The lowest BCUT2D eigenvalue weighted by Gasteiger charge is -2.09. The summed E-state index contributed by atoms with van der Waals surface area (Å²) in [6.07, 6.45) is -0.748. The van der Waals surface area contributed by atoms with Gasteiger partial charge in [-0.15, -0.1) is 0 Å². The van der Waals surface area contributed by atoms with Crippen molar-refractivity contribution in [2.24, 2.45) is 5.73 Å². The van der Waals surface area contributed by atoms with Crippen molar-refractivity contribution < 1.29 is 9.90 Å². The molecular formula is C4H7Br2NO2. The molecular weight excluding hydrogens is 254 g/mol. The monoisotopic (exact) mass is 259 g/mol. The van der Waals surface area contributed by atoms with E-state index < -0.39 is 16.8 Å². The first-order chi connectivity index (χ1) is 4.09. The van der Waals surface area contributed by atoms with Gasteiger partial charge in [0.05, 0.1) is 6.10 Å². The van der Waals surface area contributed by atoms with Gasteiger partial charge < -0.3 is 10.8 Å². The second-order valence-corrected chi connectivity index (χ2v) is 3.16. The highest BCUT2D eigenvalue weighted by atomic mass is 79.9. The molecule has 2 atom stereocenters. The average molecular weight is 261 g/mol. The molecule has 0 aromatic carbocycles. The molecule has 0 rings (SSSR count). The predicted molar refractivity (Wildman–Crippen MR) is 41.7 cm³/mol. The van der Waals surface area contributed by atoms with Crippen LogP contribution in [0.1, 0.15) is 0 Å². The number of hydrogen-bond acceptors (Lipinski definition) is 2. The third kappa shape index (κ3) is 3.17. The molecule has 54 valence electrons. The Labute approximate surface area is 69.9 Å². The zero-order valence-corrected chi connectivity index (χ0v) is 7.72. The molecule has 3 nitrogen and oxygen atoms in total. The maximum absolute atomic E-state index is 10.3. The molecule has 1 amide bonds. The van der Waals surface area contributed by atoms with Gasteiger partial charge in [-0.2, -0.15) is 0 Å². The maximum atomic E-state index is 10.3. The molecule has 0 fully saturated rings. The van der Waals surface area contributed by atoms with E-state index in [1.54, 1.807) is 0 Å². The number of aliphatic hydroxyl groups is 1. The zero-order chi connectivity index (χ0) is 7.44. The molecule has 0 saturated heterocycles. The van der Waals surface area contributed by atoms with Gasteiger partial charge in [0.25, 0.3) is 0 Å². The Morgan fingerprint density at radius 1 is 1.78 bits per heavy atom. The fourth-order valence-corrected chi connectivity index (χ4v) is 1.33. The summed E-state index contributed by atoms with van der Waals surface area (Å²) in [5.41, 5.74) is 4.85. The summed E-state index contributed by atoms with van der Waals surface area (Å²) in [5.74, 6) is -0.554. The number of halogens is 2. The van der Waals surface area contributed by atoms with Crippen molar-refractivity contribution in [2.75, 3.05) is 5.33 Å². The van der Waals surface area contributed by atoms with E-state index in [2.05, 4.69) is 31.9 Å². The van der Waals surface area contributed by atoms with Crippen LogP contribution in [0.3, 0.4) is 0 Å². The zero-order valence-electron chi connectivity index (χ0n) is 4.55. The SMILES string of the molecule is NC(=O)[C@@H](Br)[C@@H](O)CBr. The van der Waals surface area contributed by atoms with E-state index in [9.17, 15) is 4.79 Å². The number of primary amides is 1. The van der Waals surface area contributed by atoms with E-state index >= 15 is 0 Å². The lowest BCUT2D eigenvalue weighted by Crippen LogP contribution is -2.34. The van der Waals surface area contributed by atoms with Crippen LogP contribution in [0.25, 0.3) is 0 Å². The molecule has 9 heavy (non-hydrogen) atoms. The fourth-order valence-electron chi connectivity index (χ4n) is 0.268. The van der Waals surface area contributed by atoms with Crippen molar-refractivity contribution in [1.29, 1.82) is 0 Å². The standard InChI is InChI=1S/C4H7Br2NO2/c5-1-2(8)3(6)4(7)9/h2-3,8H,1H2,(H2,7,9)/t2-,3-/m0/s1. The van der Waals surface area contributed by atoms with E-state index in [0.717, 1.165) is 0 Å². The molecule has 0 aromatic heterocycles. The molecule has 0 radical (unpaired) electrons. The van der Waals surface area contributed by atoms with Crippen LogP contribution in [0.4, 0.5) is 0 Å². The number of amides is 1. The molecule has 0 aliphatic rings. The summed E-state index contributed by atoms with van der Waals surface area (Å²) in [4.78, 5) is 9.64. The second-order valence-electron chi connectivity index (χ2n) is 1.53. The summed E-state index contributed by atoms with van der Waals surface area (Å²) < 4.78 is 0. The van der Waals surface area contributed by atoms with E-state index in [1.807, 2.05) is 0 Å². The normalized spacial score (nSPS) is 16.8. The molecule has 0 aromatic rings. The second kappa shape index (κ2) is 4.24. The van der Waals surface area contributed by atoms with Crippen LogP contribution >= 0.6 is 31.9 Å². The van der Waals surface area contributed by atoms with Crippen molar-refractivity contribution in [3.63, 3.8) is 0 Å². The highest BCUT2D eigenvalue weighted by Crippen LogP contribution is 2.06. The van der Waals surface area contributed by atoms with Gasteiger partial charge in [-0.25, -0.2) is 0 Å². The van der Waals surface area contributed by atoms with Gasteiger partial charge in [-0.05, 0) is 0 Å². The number of alkyl halides is 2. The van der Waals surface area contributed by atoms with Crippen LogP contribution in [0.5, 0.6) is 0 Å². The molecule has 3 N–H and O–H groups in total. The third-order valence-electron chi connectivity index (χ3n) is 0.768. The number of hydrogen-bond donors (Lipinski definition) is 2. The lowest BCUT2D eigenvalue weighted by molar-refractivity contribution is -0.118. The van der Waals surface area contributed by atoms with Crippen LogP contribution in [0, 0.1) is 0 Å². The first-order valence-electron chi connectivity index (χ1n) is 2.27.